The van der Waals surface area contributed by atoms with E-state index in [0.717, 1.165) is 19.0 Å². The number of halogens is 1. The molecule has 0 radical (unpaired) electrons. The summed E-state index contributed by atoms with van der Waals surface area (Å²) in [5.74, 6) is 0.0950. The first-order chi connectivity index (χ1) is 14.9. The van der Waals surface area contributed by atoms with Crippen LogP contribution >= 0.6 is 0 Å². The average Bonchev–Trinajstić information content (AvgIpc) is 3.38. The van der Waals surface area contributed by atoms with E-state index in [0.29, 0.717) is 42.4 Å². The molecule has 4 heterocycles. The molecule has 164 valence electrons. The fourth-order valence-electron chi connectivity index (χ4n) is 3.82. The van der Waals surface area contributed by atoms with Crippen molar-refractivity contribution in [3.05, 3.63) is 60.1 Å². The molecule has 31 heavy (non-hydrogen) atoms. The lowest BCUT2D eigenvalue weighted by Gasteiger charge is -2.23. The molecule has 3 aromatic heterocycles. The Hall–Kier alpha value is -2.85. The van der Waals surface area contributed by atoms with Gasteiger partial charge >= 0.3 is 0 Å². The monoisotopic (exact) mass is 444 g/mol. The number of hydrogen-bond acceptors (Lipinski definition) is 6. The van der Waals surface area contributed by atoms with E-state index in [9.17, 15) is 12.8 Å². The Morgan fingerprint density at radius 1 is 1.19 bits per heavy atom. The number of hydrogen-bond donors (Lipinski definition) is 1. The van der Waals surface area contributed by atoms with E-state index in [1.807, 2.05) is 19.1 Å². The third-order valence-corrected chi connectivity index (χ3v) is 7.28. The van der Waals surface area contributed by atoms with Crippen molar-refractivity contribution in [1.82, 2.24) is 24.1 Å². The highest BCUT2D eigenvalue weighted by Gasteiger charge is 2.38. The molecule has 8 nitrogen and oxygen atoms in total. The van der Waals surface area contributed by atoms with Crippen molar-refractivity contribution in [3.8, 4) is 0 Å². The number of anilines is 2. The summed E-state index contributed by atoms with van der Waals surface area (Å²) in [6, 6.07) is 6.18. The zero-order valence-corrected chi connectivity index (χ0v) is 18.3. The van der Waals surface area contributed by atoms with Gasteiger partial charge in [0.15, 0.2) is 0 Å². The summed E-state index contributed by atoms with van der Waals surface area (Å²) in [7, 11) is -3.68. The number of nitrogens with zero attached hydrogens (tertiary/aromatic N) is 5. The molecular weight excluding hydrogens is 419 g/mol. The molecule has 10 heteroatoms. The second-order valence-electron chi connectivity index (χ2n) is 7.57. The fraction of sp³-hybridized carbons (Fsp3) is 0.381. The molecule has 1 atom stereocenters. The van der Waals surface area contributed by atoms with E-state index in [4.69, 9.17) is 0 Å². The van der Waals surface area contributed by atoms with Gasteiger partial charge in [0, 0.05) is 19.3 Å². The number of nitrogens with one attached hydrogen (secondary N) is 1. The van der Waals surface area contributed by atoms with Gasteiger partial charge in [0.25, 0.3) is 0 Å². The predicted octanol–water partition coefficient (Wildman–Crippen LogP) is 3.80. The van der Waals surface area contributed by atoms with Gasteiger partial charge in [-0.25, -0.2) is 17.8 Å². The summed E-state index contributed by atoms with van der Waals surface area (Å²) in [6.07, 6.45) is 6.75. The maximum atomic E-state index is 13.4. The number of sulfonamides is 1. The lowest BCUT2D eigenvalue weighted by Crippen LogP contribution is -2.31. The average molecular weight is 445 g/mol. The van der Waals surface area contributed by atoms with E-state index in [-0.39, 0.29) is 10.9 Å². The van der Waals surface area contributed by atoms with Crippen molar-refractivity contribution < 1.29 is 12.8 Å². The van der Waals surface area contributed by atoms with Crippen molar-refractivity contribution in [2.45, 2.75) is 50.6 Å². The van der Waals surface area contributed by atoms with Gasteiger partial charge in [-0.3, -0.25) is 9.67 Å². The van der Waals surface area contributed by atoms with Crippen LogP contribution < -0.4 is 5.32 Å². The second-order valence-corrected chi connectivity index (χ2v) is 9.43. The number of aromatic nitrogens is 4. The number of rotatable bonds is 7. The Balaban J connectivity index is 1.54. The Bertz CT molecular complexity index is 1150. The van der Waals surface area contributed by atoms with Gasteiger partial charge in [-0.15, -0.1) is 0 Å². The molecule has 0 amide bonds. The van der Waals surface area contributed by atoms with E-state index in [1.165, 1.54) is 16.4 Å². The highest BCUT2D eigenvalue weighted by atomic mass is 32.2. The summed E-state index contributed by atoms with van der Waals surface area (Å²) >= 11 is 0. The molecule has 1 saturated heterocycles. The van der Waals surface area contributed by atoms with E-state index in [2.05, 4.69) is 20.4 Å². The zero-order valence-electron chi connectivity index (χ0n) is 17.5. The first-order valence-electron chi connectivity index (χ1n) is 10.3. The smallest absolute Gasteiger partial charge is 0.247 e. The Morgan fingerprint density at radius 3 is 2.71 bits per heavy atom. The first-order valence-corrected chi connectivity index (χ1v) is 11.7. The lowest BCUT2D eigenvalue weighted by atomic mass is 10.1. The van der Waals surface area contributed by atoms with Crippen LogP contribution in [-0.2, 0) is 16.6 Å². The minimum Gasteiger partial charge on any atom is -0.339 e. The largest absolute Gasteiger partial charge is 0.339 e. The lowest BCUT2D eigenvalue weighted by molar-refractivity contribution is 0.390. The van der Waals surface area contributed by atoms with Crippen molar-refractivity contribution in [3.63, 3.8) is 0 Å². The van der Waals surface area contributed by atoms with Gasteiger partial charge in [-0.05, 0) is 50.5 Å². The summed E-state index contributed by atoms with van der Waals surface area (Å²) in [5, 5.41) is 7.41. The Labute approximate surface area is 181 Å². The minimum atomic E-state index is -3.68. The Kier molecular flexibility index (Phi) is 6.01. The van der Waals surface area contributed by atoms with Crippen molar-refractivity contribution in [2.24, 2.45) is 0 Å². The van der Waals surface area contributed by atoms with Gasteiger partial charge in [0.05, 0.1) is 35.5 Å². The molecular formula is C21H25FN6O2S. The molecule has 0 bridgehead atoms. The van der Waals surface area contributed by atoms with E-state index < -0.39 is 15.8 Å². The molecule has 1 aliphatic heterocycles. The highest BCUT2D eigenvalue weighted by Crippen LogP contribution is 2.36. The third kappa shape index (κ3) is 4.45. The van der Waals surface area contributed by atoms with Crippen LogP contribution in [-0.4, -0.2) is 39.0 Å². The topological polar surface area (TPSA) is 93.0 Å². The maximum Gasteiger partial charge on any atom is 0.247 e. The first kappa shape index (κ1) is 21.4. The minimum absolute atomic E-state index is 0.258. The van der Waals surface area contributed by atoms with Crippen LogP contribution in [0.4, 0.5) is 15.9 Å². The zero-order chi connectivity index (χ0) is 22.0. The molecule has 4 rings (SSSR count). The number of aryl methyl sites for hydroxylation is 2. The maximum absolute atomic E-state index is 13.4. The van der Waals surface area contributed by atoms with Crippen LogP contribution in [0.5, 0.6) is 0 Å². The standard InChI is InChI=1S/C21H25FN6O2S/c1-3-10-27-14-20(15(2)26-27)31(29,30)28-11-4-5-19(28)18-8-7-17(13-23-18)25-21-9-6-16(22)12-24-21/h6-9,12-14,19H,3-5,10-11H2,1-2H3,(H,24,25)/t19-/m1/s1. The molecule has 0 aromatic carbocycles. The van der Waals surface area contributed by atoms with Crippen molar-refractivity contribution in [2.75, 3.05) is 11.9 Å². The van der Waals surface area contributed by atoms with Crippen LogP contribution in [0.15, 0.2) is 47.8 Å². The molecule has 3 aromatic rings. The molecule has 0 aliphatic carbocycles. The summed E-state index contributed by atoms with van der Waals surface area (Å²) in [6.45, 7) is 4.88. The van der Waals surface area contributed by atoms with Crippen molar-refractivity contribution in [1.29, 1.82) is 0 Å². The normalized spacial score (nSPS) is 17.2. The van der Waals surface area contributed by atoms with Crippen LogP contribution in [0.25, 0.3) is 0 Å². The molecule has 1 N–H and O–H groups in total. The summed E-state index contributed by atoms with van der Waals surface area (Å²) < 4.78 is 43.0. The third-order valence-electron chi connectivity index (χ3n) is 5.27. The fourth-order valence-corrected chi connectivity index (χ4v) is 5.66. The highest BCUT2D eigenvalue weighted by molar-refractivity contribution is 7.89. The van der Waals surface area contributed by atoms with Gasteiger partial charge in [-0.1, -0.05) is 6.92 Å². The molecule has 0 spiro atoms. The quantitative estimate of drug-likeness (QED) is 0.596. The van der Waals surface area contributed by atoms with E-state index >= 15 is 0 Å². The predicted molar refractivity (Wildman–Crippen MR) is 115 cm³/mol. The molecule has 0 saturated carbocycles. The summed E-state index contributed by atoms with van der Waals surface area (Å²) in [5.41, 5.74) is 1.89. The SMILES string of the molecule is CCCn1cc(S(=O)(=O)N2CCC[C@@H]2c2ccc(Nc3ccc(F)cn3)cn2)c(C)n1. The van der Waals surface area contributed by atoms with Gasteiger partial charge in [0.2, 0.25) is 10.0 Å². The van der Waals surface area contributed by atoms with Gasteiger partial charge < -0.3 is 5.32 Å². The van der Waals surface area contributed by atoms with Crippen LogP contribution in [0.3, 0.4) is 0 Å². The molecule has 1 fully saturated rings. The van der Waals surface area contributed by atoms with Crippen LogP contribution in [0, 0.1) is 12.7 Å². The van der Waals surface area contributed by atoms with Crippen LogP contribution in [0.1, 0.15) is 43.6 Å². The van der Waals surface area contributed by atoms with Crippen LogP contribution in [0.2, 0.25) is 0 Å². The van der Waals surface area contributed by atoms with E-state index in [1.54, 1.807) is 24.0 Å². The van der Waals surface area contributed by atoms with Crippen molar-refractivity contribution >= 4 is 21.5 Å². The van der Waals surface area contributed by atoms with Gasteiger partial charge in [-0.2, -0.15) is 9.40 Å². The summed E-state index contributed by atoms with van der Waals surface area (Å²) in [4.78, 5) is 8.72. The molecule has 1 aliphatic rings. The second kappa shape index (κ2) is 8.72. The van der Waals surface area contributed by atoms with Gasteiger partial charge in [0.1, 0.15) is 16.5 Å². The molecule has 0 unspecified atom stereocenters. The number of pyridine rings is 2. The Morgan fingerprint density at radius 2 is 2.03 bits per heavy atom.